The molecule has 0 aliphatic rings. The van der Waals surface area contributed by atoms with Crippen LogP contribution < -0.4 is 5.32 Å². The van der Waals surface area contributed by atoms with Gasteiger partial charge in [-0.1, -0.05) is 28.1 Å². The Labute approximate surface area is 137 Å². The fourth-order valence-electron chi connectivity index (χ4n) is 2.40. The number of benzene rings is 1. The van der Waals surface area contributed by atoms with E-state index in [0.29, 0.717) is 11.4 Å². The summed E-state index contributed by atoms with van der Waals surface area (Å²) in [5.74, 6) is -0.161. The zero-order valence-electron chi connectivity index (χ0n) is 12.6. The van der Waals surface area contributed by atoms with E-state index in [1.54, 1.807) is 0 Å². The summed E-state index contributed by atoms with van der Waals surface area (Å²) >= 11 is 3.48. The van der Waals surface area contributed by atoms with Gasteiger partial charge in [0.1, 0.15) is 11.3 Å². The molecule has 0 aliphatic carbocycles. The Bertz CT molecular complexity index is 883. The number of anilines is 1. The molecule has 0 atom stereocenters. The summed E-state index contributed by atoms with van der Waals surface area (Å²) in [5, 5.41) is 2.94. The predicted molar refractivity (Wildman–Crippen MR) is 91.5 cm³/mol. The average Bonchev–Trinajstić information content (AvgIpc) is 2.78. The van der Waals surface area contributed by atoms with E-state index in [-0.39, 0.29) is 5.91 Å². The van der Waals surface area contributed by atoms with E-state index < -0.39 is 0 Å². The number of rotatable bonds is 2. The number of pyridine rings is 1. The molecule has 1 amide bonds. The molecule has 0 saturated carbocycles. The first kappa shape index (κ1) is 14.8. The van der Waals surface area contributed by atoms with Crippen LogP contribution >= 0.6 is 15.9 Å². The van der Waals surface area contributed by atoms with Crippen molar-refractivity contribution in [1.29, 1.82) is 0 Å². The highest BCUT2D eigenvalue weighted by Gasteiger charge is 2.17. The lowest BCUT2D eigenvalue weighted by molar-refractivity contribution is 0.102. The van der Waals surface area contributed by atoms with Crippen LogP contribution in [0.1, 0.15) is 27.3 Å². The number of hydrogen-bond acceptors (Lipinski definition) is 2. The third kappa shape index (κ3) is 2.64. The molecule has 2 heterocycles. The van der Waals surface area contributed by atoms with E-state index in [1.165, 1.54) is 0 Å². The lowest BCUT2D eigenvalue weighted by Crippen LogP contribution is -2.15. The van der Waals surface area contributed by atoms with Gasteiger partial charge in [-0.3, -0.25) is 9.20 Å². The summed E-state index contributed by atoms with van der Waals surface area (Å²) in [5.41, 5.74) is 5.02. The van der Waals surface area contributed by atoms with E-state index >= 15 is 0 Å². The van der Waals surface area contributed by atoms with Crippen LogP contribution in [-0.4, -0.2) is 15.3 Å². The van der Waals surface area contributed by atoms with Crippen LogP contribution in [0.25, 0.3) is 5.65 Å². The summed E-state index contributed by atoms with van der Waals surface area (Å²) in [4.78, 5) is 17.1. The van der Waals surface area contributed by atoms with Crippen LogP contribution in [-0.2, 0) is 0 Å². The molecular formula is C17H16BrN3O. The van der Waals surface area contributed by atoms with Gasteiger partial charge in [-0.25, -0.2) is 4.98 Å². The van der Waals surface area contributed by atoms with Gasteiger partial charge in [0.05, 0.1) is 5.69 Å². The van der Waals surface area contributed by atoms with Gasteiger partial charge in [0.15, 0.2) is 0 Å². The van der Waals surface area contributed by atoms with Gasteiger partial charge in [-0.05, 0) is 50.1 Å². The minimum atomic E-state index is -0.161. The predicted octanol–water partition coefficient (Wildman–Crippen LogP) is 4.27. The molecule has 22 heavy (non-hydrogen) atoms. The Morgan fingerprint density at radius 3 is 2.68 bits per heavy atom. The number of amides is 1. The molecule has 112 valence electrons. The number of hydrogen-bond donors (Lipinski definition) is 1. The summed E-state index contributed by atoms with van der Waals surface area (Å²) < 4.78 is 2.81. The van der Waals surface area contributed by atoms with Crippen LogP contribution in [0.4, 0.5) is 5.69 Å². The van der Waals surface area contributed by atoms with E-state index in [1.807, 2.05) is 61.7 Å². The largest absolute Gasteiger partial charge is 0.321 e. The summed E-state index contributed by atoms with van der Waals surface area (Å²) in [6.45, 7) is 5.85. The number of carbonyl (C=O) groups is 1. The van der Waals surface area contributed by atoms with Gasteiger partial charge < -0.3 is 5.32 Å². The van der Waals surface area contributed by atoms with Crippen molar-refractivity contribution < 1.29 is 4.79 Å². The van der Waals surface area contributed by atoms with Gasteiger partial charge in [0, 0.05) is 16.4 Å². The molecule has 0 aliphatic heterocycles. The molecule has 0 radical (unpaired) electrons. The number of carbonyl (C=O) groups excluding carboxylic acids is 1. The maximum atomic E-state index is 12.6. The molecule has 0 spiro atoms. The van der Waals surface area contributed by atoms with Crippen molar-refractivity contribution in [1.82, 2.24) is 9.38 Å². The normalized spacial score (nSPS) is 10.9. The van der Waals surface area contributed by atoms with Gasteiger partial charge >= 0.3 is 0 Å². The Balaban J connectivity index is 2.00. The molecule has 5 heteroatoms. The van der Waals surface area contributed by atoms with E-state index in [0.717, 1.165) is 26.9 Å². The molecule has 0 bridgehead atoms. The zero-order chi connectivity index (χ0) is 15.9. The molecule has 0 fully saturated rings. The Morgan fingerprint density at radius 2 is 1.95 bits per heavy atom. The zero-order valence-corrected chi connectivity index (χ0v) is 14.2. The third-order valence-corrected chi connectivity index (χ3v) is 4.44. The highest BCUT2D eigenvalue weighted by Crippen LogP contribution is 2.22. The molecule has 2 aromatic heterocycles. The Morgan fingerprint density at radius 1 is 1.18 bits per heavy atom. The molecule has 3 rings (SSSR count). The highest BCUT2D eigenvalue weighted by molar-refractivity contribution is 9.10. The number of fused-ring (bicyclic) bond motifs is 1. The fourth-order valence-corrected chi connectivity index (χ4v) is 2.78. The number of imidazole rings is 1. The maximum Gasteiger partial charge on any atom is 0.274 e. The van der Waals surface area contributed by atoms with Gasteiger partial charge in [0.2, 0.25) is 0 Å². The Kier molecular flexibility index (Phi) is 3.74. The maximum absolute atomic E-state index is 12.6. The second-order valence-corrected chi connectivity index (χ2v) is 6.25. The van der Waals surface area contributed by atoms with Crippen LogP contribution in [0.3, 0.4) is 0 Å². The minimum Gasteiger partial charge on any atom is -0.321 e. The molecule has 0 saturated heterocycles. The van der Waals surface area contributed by atoms with E-state index in [9.17, 15) is 4.79 Å². The monoisotopic (exact) mass is 357 g/mol. The van der Waals surface area contributed by atoms with E-state index in [2.05, 4.69) is 26.2 Å². The first-order valence-electron chi connectivity index (χ1n) is 6.98. The van der Waals surface area contributed by atoms with Crippen molar-refractivity contribution in [2.24, 2.45) is 0 Å². The van der Waals surface area contributed by atoms with Crippen LogP contribution in [0.15, 0.2) is 41.0 Å². The van der Waals surface area contributed by atoms with Crippen molar-refractivity contribution >= 4 is 33.2 Å². The van der Waals surface area contributed by atoms with Crippen LogP contribution in [0.2, 0.25) is 0 Å². The molecule has 0 unspecified atom stereocenters. The molecule has 4 nitrogen and oxygen atoms in total. The van der Waals surface area contributed by atoms with Gasteiger partial charge in [0.25, 0.3) is 5.91 Å². The topological polar surface area (TPSA) is 46.4 Å². The lowest BCUT2D eigenvalue weighted by atomic mass is 10.2. The number of nitrogens with one attached hydrogen (secondary N) is 1. The molecule has 1 N–H and O–H groups in total. The highest BCUT2D eigenvalue weighted by atomic mass is 79.9. The second kappa shape index (κ2) is 5.57. The first-order chi connectivity index (χ1) is 10.5. The lowest BCUT2D eigenvalue weighted by Gasteiger charge is -2.08. The average molecular weight is 358 g/mol. The molecule has 3 aromatic rings. The second-order valence-electron chi connectivity index (χ2n) is 5.40. The Hall–Kier alpha value is -2.14. The number of aromatic nitrogens is 2. The van der Waals surface area contributed by atoms with Crippen LogP contribution in [0, 0.1) is 20.8 Å². The number of nitrogens with zero attached hydrogens (tertiary/aromatic N) is 2. The van der Waals surface area contributed by atoms with Gasteiger partial charge in [-0.2, -0.15) is 0 Å². The summed E-state index contributed by atoms with van der Waals surface area (Å²) in [6.07, 6.45) is 1.93. The summed E-state index contributed by atoms with van der Waals surface area (Å²) in [7, 11) is 0. The fraction of sp³-hybridized carbons (Fsp3) is 0.176. The van der Waals surface area contributed by atoms with Crippen molar-refractivity contribution in [3.63, 3.8) is 0 Å². The first-order valence-corrected chi connectivity index (χ1v) is 7.78. The van der Waals surface area contributed by atoms with Crippen molar-refractivity contribution in [3.8, 4) is 0 Å². The van der Waals surface area contributed by atoms with Gasteiger partial charge in [-0.15, -0.1) is 0 Å². The smallest absolute Gasteiger partial charge is 0.274 e. The molecule has 1 aromatic carbocycles. The quantitative estimate of drug-likeness (QED) is 0.744. The SMILES string of the molecule is Cc1ccc2nc(C)c(C(=O)Nc3ccc(C)c(Br)c3)n2c1. The third-order valence-electron chi connectivity index (χ3n) is 3.59. The molecular weight excluding hydrogens is 342 g/mol. The van der Waals surface area contributed by atoms with Crippen molar-refractivity contribution in [2.45, 2.75) is 20.8 Å². The standard InChI is InChI=1S/C17H16BrN3O/c1-10-4-7-15-19-12(3)16(21(15)9-10)17(22)20-13-6-5-11(2)14(18)8-13/h4-9H,1-3H3,(H,20,22). The minimum absolute atomic E-state index is 0.161. The summed E-state index contributed by atoms with van der Waals surface area (Å²) in [6, 6.07) is 9.66. The van der Waals surface area contributed by atoms with Crippen molar-refractivity contribution in [3.05, 3.63) is 63.5 Å². The van der Waals surface area contributed by atoms with E-state index in [4.69, 9.17) is 0 Å². The number of halogens is 1. The van der Waals surface area contributed by atoms with Crippen LogP contribution in [0.5, 0.6) is 0 Å². The number of aryl methyl sites for hydroxylation is 3. The van der Waals surface area contributed by atoms with Crippen molar-refractivity contribution in [2.75, 3.05) is 5.32 Å².